The Bertz CT molecular complexity index is 1360. The number of carbonyl (C=O) groups is 2. The van der Waals surface area contributed by atoms with Crippen molar-refractivity contribution >= 4 is 28.7 Å². The van der Waals surface area contributed by atoms with Crippen molar-refractivity contribution in [3.05, 3.63) is 53.6 Å². The lowest BCUT2D eigenvalue weighted by atomic mass is 10.1. The fourth-order valence-corrected chi connectivity index (χ4v) is 4.05. The van der Waals surface area contributed by atoms with Gasteiger partial charge in [0.25, 0.3) is 5.91 Å². The second kappa shape index (κ2) is 10.3. The van der Waals surface area contributed by atoms with Crippen LogP contribution in [0.15, 0.2) is 36.7 Å². The molecule has 1 aliphatic rings. The van der Waals surface area contributed by atoms with Crippen LogP contribution in [0.2, 0.25) is 0 Å². The molecule has 1 saturated heterocycles. The van der Waals surface area contributed by atoms with Gasteiger partial charge in [-0.2, -0.15) is 5.26 Å². The Morgan fingerprint density at radius 3 is 2.62 bits per heavy atom. The molecule has 11 heteroatoms. The van der Waals surface area contributed by atoms with Gasteiger partial charge in [-0.3, -0.25) is 4.79 Å². The van der Waals surface area contributed by atoms with Crippen LogP contribution >= 0.6 is 0 Å². The lowest BCUT2D eigenvalue weighted by Gasteiger charge is -2.40. The van der Waals surface area contributed by atoms with E-state index in [1.807, 2.05) is 33.8 Å². The second-order valence-corrected chi connectivity index (χ2v) is 9.87. The SMILES string of the molecule is C[C@@H]1CN(C(=O)OC(C)(C)C)CCN1c1ccc2c(O)c(C(=O)NCc3ccc(C#N)nc3)ncc2n1. The number of ether oxygens (including phenoxy) is 1. The van der Waals surface area contributed by atoms with Crippen molar-refractivity contribution in [3.63, 3.8) is 0 Å². The van der Waals surface area contributed by atoms with Crippen molar-refractivity contribution in [2.45, 2.75) is 45.9 Å². The molecule has 1 aliphatic heterocycles. The summed E-state index contributed by atoms with van der Waals surface area (Å²) < 4.78 is 5.49. The minimum atomic E-state index is -0.553. The van der Waals surface area contributed by atoms with Crippen LogP contribution < -0.4 is 10.2 Å². The number of pyridine rings is 3. The molecule has 192 valence electrons. The first-order valence-electron chi connectivity index (χ1n) is 11.9. The Kier molecular flexibility index (Phi) is 7.11. The summed E-state index contributed by atoms with van der Waals surface area (Å²) in [7, 11) is 0. The summed E-state index contributed by atoms with van der Waals surface area (Å²) in [6, 6.07) is 8.69. The number of hydrogen-bond donors (Lipinski definition) is 2. The second-order valence-electron chi connectivity index (χ2n) is 9.87. The molecule has 0 saturated carbocycles. The van der Waals surface area contributed by atoms with Crippen molar-refractivity contribution in [1.82, 2.24) is 25.2 Å². The topological polar surface area (TPSA) is 145 Å². The predicted molar refractivity (Wildman–Crippen MR) is 136 cm³/mol. The quantitative estimate of drug-likeness (QED) is 0.549. The van der Waals surface area contributed by atoms with Gasteiger partial charge in [0.2, 0.25) is 0 Å². The van der Waals surface area contributed by atoms with E-state index in [1.165, 1.54) is 12.4 Å². The van der Waals surface area contributed by atoms with Crippen LogP contribution in [0.3, 0.4) is 0 Å². The summed E-state index contributed by atoms with van der Waals surface area (Å²) in [5.74, 6) is -0.106. The number of nitrogens with zero attached hydrogens (tertiary/aromatic N) is 6. The minimum absolute atomic E-state index is 0.00506. The Labute approximate surface area is 214 Å². The number of piperazine rings is 1. The molecule has 3 aromatic heterocycles. The van der Waals surface area contributed by atoms with Gasteiger partial charge in [0.05, 0.1) is 11.7 Å². The van der Waals surface area contributed by atoms with Gasteiger partial charge < -0.3 is 25.0 Å². The number of aromatic hydroxyl groups is 1. The molecule has 37 heavy (non-hydrogen) atoms. The standard InChI is InChI=1S/C26H29N7O4/c1-16-15-32(25(36)37-26(2,3)4)9-10-33(16)21-8-7-19-20(31-21)14-29-22(23(19)34)24(35)30-13-17-5-6-18(11-27)28-12-17/h5-8,12,14,16,34H,9-10,13,15H2,1-4H3,(H,30,35)/t16-/m1/s1. The summed E-state index contributed by atoms with van der Waals surface area (Å²) in [5.41, 5.74) is 0.783. The summed E-state index contributed by atoms with van der Waals surface area (Å²) >= 11 is 0. The number of aromatic nitrogens is 3. The van der Waals surface area contributed by atoms with E-state index in [4.69, 9.17) is 10.00 Å². The van der Waals surface area contributed by atoms with Crippen molar-refractivity contribution in [1.29, 1.82) is 5.26 Å². The maximum absolute atomic E-state index is 12.7. The third-order valence-electron chi connectivity index (χ3n) is 5.89. The first-order chi connectivity index (χ1) is 17.6. The van der Waals surface area contributed by atoms with Crippen molar-refractivity contribution in [2.24, 2.45) is 0 Å². The molecule has 0 bridgehead atoms. The van der Waals surface area contributed by atoms with Crippen LogP contribution in [-0.4, -0.2) is 68.2 Å². The van der Waals surface area contributed by atoms with Gasteiger partial charge in [0, 0.05) is 43.8 Å². The van der Waals surface area contributed by atoms with E-state index in [0.29, 0.717) is 41.9 Å². The van der Waals surface area contributed by atoms with Gasteiger partial charge in [-0.1, -0.05) is 6.07 Å². The number of nitriles is 1. The van der Waals surface area contributed by atoms with E-state index in [0.717, 1.165) is 0 Å². The average molecular weight is 504 g/mol. The van der Waals surface area contributed by atoms with Crippen molar-refractivity contribution < 1.29 is 19.4 Å². The van der Waals surface area contributed by atoms with Crippen LogP contribution in [0.4, 0.5) is 10.6 Å². The average Bonchev–Trinajstić information content (AvgIpc) is 2.86. The van der Waals surface area contributed by atoms with Gasteiger partial charge >= 0.3 is 6.09 Å². The monoisotopic (exact) mass is 503 g/mol. The molecular formula is C26H29N7O4. The molecule has 1 fully saturated rings. The molecular weight excluding hydrogens is 474 g/mol. The summed E-state index contributed by atoms with van der Waals surface area (Å²) in [6.07, 6.45) is 2.63. The van der Waals surface area contributed by atoms with E-state index < -0.39 is 11.5 Å². The predicted octanol–water partition coefficient (Wildman–Crippen LogP) is 2.98. The Morgan fingerprint density at radius 1 is 1.19 bits per heavy atom. The van der Waals surface area contributed by atoms with Crippen LogP contribution in [-0.2, 0) is 11.3 Å². The lowest BCUT2D eigenvalue weighted by Crippen LogP contribution is -2.54. The first-order valence-corrected chi connectivity index (χ1v) is 11.9. The molecule has 0 radical (unpaired) electrons. The van der Waals surface area contributed by atoms with Gasteiger partial charge in [-0.15, -0.1) is 0 Å². The highest BCUT2D eigenvalue weighted by atomic mass is 16.6. The third kappa shape index (κ3) is 5.86. The van der Waals surface area contributed by atoms with Crippen LogP contribution in [0.5, 0.6) is 5.75 Å². The van der Waals surface area contributed by atoms with Gasteiger partial charge in [0.1, 0.15) is 23.2 Å². The number of anilines is 1. The van der Waals surface area contributed by atoms with Crippen LogP contribution in [0, 0.1) is 11.3 Å². The molecule has 1 atom stereocenters. The van der Waals surface area contributed by atoms with E-state index >= 15 is 0 Å². The molecule has 4 heterocycles. The van der Waals surface area contributed by atoms with E-state index in [1.54, 1.807) is 29.2 Å². The number of amides is 2. The number of carbonyl (C=O) groups excluding carboxylic acids is 2. The molecule has 11 nitrogen and oxygen atoms in total. The fourth-order valence-electron chi connectivity index (χ4n) is 4.05. The molecule has 0 aromatic carbocycles. The number of fused-ring (bicyclic) bond motifs is 1. The Balaban J connectivity index is 1.45. The summed E-state index contributed by atoms with van der Waals surface area (Å²) in [4.78, 5) is 41.7. The van der Waals surface area contributed by atoms with E-state index in [2.05, 4.69) is 25.2 Å². The number of hydrogen-bond acceptors (Lipinski definition) is 9. The molecule has 0 spiro atoms. The molecule has 0 unspecified atom stereocenters. The summed E-state index contributed by atoms with van der Waals surface area (Å²) in [5, 5.41) is 22.7. The summed E-state index contributed by atoms with van der Waals surface area (Å²) in [6.45, 7) is 9.26. The highest BCUT2D eigenvalue weighted by Crippen LogP contribution is 2.29. The van der Waals surface area contributed by atoms with Gasteiger partial charge in [-0.25, -0.2) is 19.7 Å². The van der Waals surface area contributed by atoms with Crippen molar-refractivity contribution in [2.75, 3.05) is 24.5 Å². The zero-order valence-corrected chi connectivity index (χ0v) is 21.2. The normalized spacial score (nSPS) is 15.8. The maximum atomic E-state index is 12.7. The smallest absolute Gasteiger partial charge is 0.410 e. The molecule has 0 aliphatic carbocycles. The molecule has 2 N–H and O–H groups in total. The zero-order chi connectivity index (χ0) is 26.7. The van der Waals surface area contributed by atoms with E-state index in [-0.39, 0.29) is 35.8 Å². The third-order valence-corrected chi connectivity index (χ3v) is 5.89. The van der Waals surface area contributed by atoms with Crippen LogP contribution in [0.1, 0.15) is 49.4 Å². The lowest BCUT2D eigenvalue weighted by molar-refractivity contribution is 0.0218. The minimum Gasteiger partial charge on any atom is -0.505 e. The van der Waals surface area contributed by atoms with Gasteiger partial charge in [0.15, 0.2) is 11.4 Å². The zero-order valence-electron chi connectivity index (χ0n) is 21.2. The molecule has 2 amide bonds. The fraction of sp³-hybridized carbons (Fsp3) is 0.385. The van der Waals surface area contributed by atoms with Crippen molar-refractivity contribution in [3.8, 4) is 11.8 Å². The Hall–Kier alpha value is -4.46. The highest BCUT2D eigenvalue weighted by molar-refractivity contribution is 6.00. The molecule has 4 rings (SSSR count). The highest BCUT2D eigenvalue weighted by Gasteiger charge is 2.30. The first kappa shape index (κ1) is 25.6. The number of nitrogens with one attached hydrogen (secondary N) is 1. The molecule has 3 aromatic rings. The Morgan fingerprint density at radius 2 is 1.97 bits per heavy atom. The maximum Gasteiger partial charge on any atom is 0.410 e. The van der Waals surface area contributed by atoms with Gasteiger partial charge in [-0.05, 0) is 51.5 Å². The van der Waals surface area contributed by atoms with Crippen LogP contribution in [0.25, 0.3) is 10.9 Å². The largest absolute Gasteiger partial charge is 0.505 e. The van der Waals surface area contributed by atoms with E-state index in [9.17, 15) is 14.7 Å². The number of rotatable bonds is 4.